The van der Waals surface area contributed by atoms with Gasteiger partial charge in [0.25, 0.3) is 0 Å². The van der Waals surface area contributed by atoms with Crippen molar-refractivity contribution in [2.24, 2.45) is 0 Å². The van der Waals surface area contributed by atoms with Crippen LogP contribution in [-0.2, 0) is 16.0 Å². The molecule has 17 heavy (non-hydrogen) atoms. The number of nitrogens with one attached hydrogen (secondary N) is 2. The van der Waals surface area contributed by atoms with Crippen molar-refractivity contribution >= 4 is 28.3 Å². The lowest BCUT2D eigenvalue weighted by Crippen LogP contribution is -2.30. The Morgan fingerprint density at radius 3 is 2.94 bits per heavy atom. The molecule has 1 aromatic rings. The number of hydrogen-bond acceptors (Lipinski definition) is 5. The highest BCUT2D eigenvalue weighted by atomic mass is 32.1. The van der Waals surface area contributed by atoms with E-state index < -0.39 is 5.97 Å². The lowest BCUT2D eigenvalue weighted by atomic mass is 10.3. The van der Waals surface area contributed by atoms with E-state index >= 15 is 0 Å². The SMILES string of the molecule is CCCNC(=O)CNc1nc(CC(=O)O)cs1. The number of aromatic nitrogens is 1. The van der Waals surface area contributed by atoms with Gasteiger partial charge in [-0.3, -0.25) is 9.59 Å². The van der Waals surface area contributed by atoms with Gasteiger partial charge >= 0.3 is 5.97 Å². The molecule has 0 aliphatic rings. The minimum absolute atomic E-state index is 0.0955. The Morgan fingerprint density at radius 1 is 1.53 bits per heavy atom. The lowest BCUT2D eigenvalue weighted by molar-refractivity contribution is -0.136. The number of aliphatic carboxylic acids is 1. The molecule has 7 heteroatoms. The van der Waals surface area contributed by atoms with E-state index in [1.807, 2.05) is 6.92 Å². The predicted molar refractivity (Wildman–Crippen MR) is 65.2 cm³/mol. The summed E-state index contributed by atoms with van der Waals surface area (Å²) in [6.45, 7) is 2.79. The van der Waals surface area contributed by atoms with Crippen LogP contribution in [0.15, 0.2) is 5.38 Å². The normalized spacial score (nSPS) is 9.94. The van der Waals surface area contributed by atoms with Gasteiger partial charge in [-0.2, -0.15) is 0 Å². The van der Waals surface area contributed by atoms with Crippen LogP contribution in [0, 0.1) is 0 Å². The smallest absolute Gasteiger partial charge is 0.309 e. The third kappa shape index (κ3) is 5.30. The molecule has 1 aromatic heterocycles. The molecule has 1 rings (SSSR count). The quantitative estimate of drug-likeness (QED) is 0.669. The number of carbonyl (C=O) groups is 2. The number of nitrogens with zero attached hydrogens (tertiary/aromatic N) is 1. The van der Waals surface area contributed by atoms with Crippen molar-refractivity contribution in [1.29, 1.82) is 0 Å². The van der Waals surface area contributed by atoms with Gasteiger partial charge in [-0.05, 0) is 6.42 Å². The summed E-state index contributed by atoms with van der Waals surface area (Å²) in [6.07, 6.45) is 0.798. The summed E-state index contributed by atoms with van der Waals surface area (Å²) >= 11 is 1.29. The number of amides is 1. The van der Waals surface area contributed by atoms with Crippen LogP contribution in [-0.4, -0.2) is 35.1 Å². The summed E-state index contributed by atoms with van der Waals surface area (Å²) in [5.74, 6) is -1.01. The van der Waals surface area contributed by atoms with E-state index in [1.54, 1.807) is 5.38 Å². The van der Waals surface area contributed by atoms with Crippen LogP contribution < -0.4 is 10.6 Å². The van der Waals surface area contributed by atoms with Gasteiger partial charge in [0, 0.05) is 11.9 Å². The van der Waals surface area contributed by atoms with Crippen molar-refractivity contribution in [2.45, 2.75) is 19.8 Å². The van der Waals surface area contributed by atoms with Crippen LogP contribution in [0.1, 0.15) is 19.0 Å². The fourth-order valence-electron chi connectivity index (χ4n) is 1.11. The zero-order valence-corrected chi connectivity index (χ0v) is 10.3. The molecular weight excluding hydrogens is 242 g/mol. The van der Waals surface area contributed by atoms with Crippen LogP contribution in [0.5, 0.6) is 0 Å². The number of anilines is 1. The molecule has 0 fully saturated rings. The minimum Gasteiger partial charge on any atom is -0.481 e. The second-order valence-corrected chi connectivity index (χ2v) is 4.28. The fourth-order valence-corrected chi connectivity index (χ4v) is 1.82. The van der Waals surface area contributed by atoms with Crippen LogP contribution >= 0.6 is 11.3 Å². The summed E-state index contributed by atoms with van der Waals surface area (Å²) < 4.78 is 0. The largest absolute Gasteiger partial charge is 0.481 e. The van der Waals surface area contributed by atoms with Crippen molar-refractivity contribution in [3.8, 4) is 0 Å². The standard InChI is InChI=1S/C10H15N3O3S/c1-2-3-11-8(14)5-12-10-13-7(6-17-10)4-9(15)16/h6H,2-5H2,1H3,(H,11,14)(H,12,13)(H,15,16). The first-order valence-electron chi connectivity index (χ1n) is 5.28. The summed E-state index contributed by atoms with van der Waals surface area (Å²) in [5.41, 5.74) is 0.499. The highest BCUT2D eigenvalue weighted by molar-refractivity contribution is 7.13. The molecule has 0 bridgehead atoms. The molecule has 3 N–H and O–H groups in total. The first-order valence-corrected chi connectivity index (χ1v) is 6.16. The first kappa shape index (κ1) is 13.4. The van der Waals surface area contributed by atoms with Gasteiger partial charge in [0.05, 0.1) is 18.7 Å². The van der Waals surface area contributed by atoms with Gasteiger partial charge < -0.3 is 15.7 Å². The Kier molecular flexibility index (Phi) is 5.41. The Morgan fingerprint density at radius 2 is 2.29 bits per heavy atom. The number of carboxylic acid groups (broad SMARTS) is 1. The van der Waals surface area contributed by atoms with Gasteiger partial charge in [0.2, 0.25) is 5.91 Å². The van der Waals surface area contributed by atoms with Crippen molar-refractivity contribution in [2.75, 3.05) is 18.4 Å². The maximum Gasteiger partial charge on any atom is 0.309 e. The molecule has 1 amide bonds. The van der Waals surface area contributed by atoms with Gasteiger partial charge in [-0.15, -0.1) is 11.3 Å². The highest BCUT2D eigenvalue weighted by Crippen LogP contribution is 2.15. The molecule has 6 nitrogen and oxygen atoms in total. The summed E-state index contributed by atoms with van der Waals surface area (Å²) in [7, 11) is 0. The molecule has 0 atom stereocenters. The Hall–Kier alpha value is -1.63. The molecule has 0 aliphatic carbocycles. The van der Waals surface area contributed by atoms with Crippen LogP contribution in [0.3, 0.4) is 0 Å². The lowest BCUT2D eigenvalue weighted by Gasteiger charge is -2.03. The van der Waals surface area contributed by atoms with E-state index in [0.29, 0.717) is 17.4 Å². The molecule has 0 saturated heterocycles. The van der Waals surface area contributed by atoms with E-state index in [0.717, 1.165) is 6.42 Å². The van der Waals surface area contributed by atoms with Crippen LogP contribution in [0.2, 0.25) is 0 Å². The molecular formula is C10H15N3O3S. The Labute approximate surface area is 103 Å². The van der Waals surface area contributed by atoms with E-state index in [4.69, 9.17) is 5.11 Å². The number of carbonyl (C=O) groups excluding carboxylic acids is 1. The summed E-state index contributed by atoms with van der Waals surface area (Å²) in [6, 6.07) is 0. The maximum absolute atomic E-state index is 11.3. The number of hydrogen-bond donors (Lipinski definition) is 3. The first-order chi connectivity index (χ1) is 8.11. The van der Waals surface area contributed by atoms with E-state index in [2.05, 4.69) is 15.6 Å². The predicted octanol–water partition coefficient (Wildman–Crippen LogP) is 0.708. The molecule has 0 radical (unpaired) electrons. The molecule has 1 heterocycles. The number of rotatable bonds is 7. The van der Waals surface area contributed by atoms with Gasteiger partial charge in [-0.25, -0.2) is 4.98 Å². The molecule has 0 aromatic carbocycles. The van der Waals surface area contributed by atoms with Crippen molar-refractivity contribution in [3.63, 3.8) is 0 Å². The summed E-state index contributed by atoms with van der Waals surface area (Å²) in [4.78, 5) is 25.8. The van der Waals surface area contributed by atoms with E-state index in [9.17, 15) is 9.59 Å². The van der Waals surface area contributed by atoms with Gasteiger partial charge in [-0.1, -0.05) is 6.92 Å². The zero-order valence-electron chi connectivity index (χ0n) is 9.52. The Bertz CT molecular complexity index is 392. The molecule has 94 valence electrons. The van der Waals surface area contributed by atoms with Crippen molar-refractivity contribution in [1.82, 2.24) is 10.3 Å². The topological polar surface area (TPSA) is 91.3 Å². The van der Waals surface area contributed by atoms with E-state index in [-0.39, 0.29) is 18.9 Å². The average Bonchev–Trinajstić information content (AvgIpc) is 2.70. The molecule has 0 unspecified atom stereocenters. The highest BCUT2D eigenvalue weighted by Gasteiger charge is 2.07. The third-order valence-corrected chi connectivity index (χ3v) is 2.71. The van der Waals surface area contributed by atoms with Crippen molar-refractivity contribution in [3.05, 3.63) is 11.1 Å². The summed E-state index contributed by atoms with van der Waals surface area (Å²) in [5, 5.41) is 16.4. The van der Waals surface area contributed by atoms with Gasteiger partial charge in [0.1, 0.15) is 0 Å². The second-order valence-electron chi connectivity index (χ2n) is 3.42. The van der Waals surface area contributed by atoms with Gasteiger partial charge in [0.15, 0.2) is 5.13 Å². The van der Waals surface area contributed by atoms with E-state index in [1.165, 1.54) is 11.3 Å². The van der Waals surface area contributed by atoms with Crippen LogP contribution in [0.4, 0.5) is 5.13 Å². The second kappa shape index (κ2) is 6.85. The third-order valence-electron chi connectivity index (χ3n) is 1.86. The average molecular weight is 257 g/mol. The molecule has 0 saturated carbocycles. The Balaban J connectivity index is 2.34. The zero-order chi connectivity index (χ0) is 12.7. The monoisotopic (exact) mass is 257 g/mol. The molecule has 0 aliphatic heterocycles. The number of thiazole rings is 1. The minimum atomic E-state index is -0.914. The maximum atomic E-state index is 11.3. The fraction of sp³-hybridized carbons (Fsp3) is 0.500. The van der Waals surface area contributed by atoms with Crippen molar-refractivity contribution < 1.29 is 14.7 Å². The van der Waals surface area contributed by atoms with Crippen LogP contribution in [0.25, 0.3) is 0 Å². The molecule has 0 spiro atoms. The number of carboxylic acids is 1.